The number of ether oxygens (including phenoxy) is 1. The second kappa shape index (κ2) is 5.52. The summed E-state index contributed by atoms with van der Waals surface area (Å²) in [6.07, 6.45) is 0. The van der Waals surface area contributed by atoms with Gasteiger partial charge in [-0.15, -0.1) is 0 Å². The molecule has 1 aromatic carbocycles. The molecule has 23 heavy (non-hydrogen) atoms. The van der Waals surface area contributed by atoms with Crippen molar-refractivity contribution >= 4 is 16.9 Å². The molecule has 0 atom stereocenters. The minimum Gasteiger partial charge on any atom is -0.426 e. The first-order valence-electron chi connectivity index (χ1n) is 7.71. The highest BCUT2D eigenvalue weighted by atomic mass is 16.5. The van der Waals surface area contributed by atoms with Crippen LogP contribution in [0.2, 0.25) is 0 Å². The number of hydrogen-bond donors (Lipinski definition) is 0. The highest BCUT2D eigenvalue weighted by Crippen LogP contribution is 2.44. The molecule has 0 bridgehead atoms. The monoisotopic (exact) mass is 316 g/mol. The number of benzene rings is 1. The van der Waals surface area contributed by atoms with Crippen molar-refractivity contribution in [2.24, 2.45) is 0 Å². The van der Waals surface area contributed by atoms with Crippen LogP contribution in [-0.4, -0.2) is 5.97 Å². The lowest BCUT2D eigenvalue weighted by atomic mass is 9.78. The van der Waals surface area contributed by atoms with Crippen LogP contribution < -0.4 is 10.4 Å². The summed E-state index contributed by atoms with van der Waals surface area (Å²) >= 11 is 0. The highest BCUT2D eigenvalue weighted by Gasteiger charge is 2.30. The zero-order valence-corrected chi connectivity index (χ0v) is 14.9. The molecule has 0 aliphatic carbocycles. The van der Waals surface area contributed by atoms with Crippen LogP contribution in [0, 0.1) is 0 Å². The quantitative estimate of drug-likeness (QED) is 0.447. The van der Waals surface area contributed by atoms with E-state index in [1.807, 2.05) is 47.6 Å². The minimum atomic E-state index is -0.391. The minimum absolute atomic E-state index is 0.270. The first-order chi connectivity index (χ1) is 10.4. The normalized spacial score (nSPS) is 12.5. The van der Waals surface area contributed by atoms with Gasteiger partial charge >= 0.3 is 11.6 Å². The van der Waals surface area contributed by atoms with Crippen molar-refractivity contribution in [1.82, 2.24) is 0 Å². The van der Waals surface area contributed by atoms with Crippen LogP contribution in [0.15, 0.2) is 27.4 Å². The molecule has 4 heteroatoms. The SMILES string of the molecule is CC(=O)Oc1c(C(C)(C)C)cc2oc(=O)ccc2c1C(C)(C)C. The summed E-state index contributed by atoms with van der Waals surface area (Å²) in [5, 5.41) is 0.793. The van der Waals surface area contributed by atoms with Crippen LogP contribution in [0.5, 0.6) is 5.75 Å². The van der Waals surface area contributed by atoms with E-state index in [9.17, 15) is 9.59 Å². The molecule has 0 unspecified atom stereocenters. The van der Waals surface area contributed by atoms with E-state index in [1.54, 1.807) is 6.07 Å². The molecule has 0 saturated heterocycles. The van der Waals surface area contributed by atoms with Crippen molar-refractivity contribution in [1.29, 1.82) is 0 Å². The van der Waals surface area contributed by atoms with Gasteiger partial charge in [-0.2, -0.15) is 0 Å². The van der Waals surface area contributed by atoms with Gasteiger partial charge in [0.1, 0.15) is 11.3 Å². The number of fused-ring (bicyclic) bond motifs is 1. The molecule has 0 amide bonds. The third-order valence-corrected chi connectivity index (χ3v) is 3.68. The molecular formula is C19H24O4. The van der Waals surface area contributed by atoms with Crippen LogP contribution in [0.25, 0.3) is 11.0 Å². The van der Waals surface area contributed by atoms with E-state index >= 15 is 0 Å². The Kier molecular flexibility index (Phi) is 4.14. The highest BCUT2D eigenvalue weighted by molar-refractivity contribution is 5.87. The fraction of sp³-hybridized carbons (Fsp3) is 0.474. The van der Waals surface area contributed by atoms with Crippen molar-refractivity contribution in [2.45, 2.75) is 59.3 Å². The van der Waals surface area contributed by atoms with Crippen LogP contribution in [-0.2, 0) is 15.6 Å². The molecule has 124 valence electrons. The molecule has 1 heterocycles. The Hall–Kier alpha value is -2.10. The molecule has 0 aliphatic heterocycles. The van der Waals surface area contributed by atoms with E-state index in [1.165, 1.54) is 13.0 Å². The third-order valence-electron chi connectivity index (χ3n) is 3.68. The molecule has 0 spiro atoms. The van der Waals surface area contributed by atoms with Crippen molar-refractivity contribution in [3.05, 3.63) is 39.7 Å². The standard InChI is InChI=1S/C19H24O4/c1-11(20)22-17-13(18(2,3)4)10-14-12(8-9-15(21)23-14)16(17)19(5,6)7/h8-10H,1-7H3. The Balaban J connectivity index is 3.03. The molecule has 1 aromatic heterocycles. The van der Waals surface area contributed by atoms with Crippen molar-refractivity contribution in [2.75, 3.05) is 0 Å². The largest absolute Gasteiger partial charge is 0.426 e. The Labute approximate surface area is 136 Å². The fourth-order valence-corrected chi connectivity index (χ4v) is 2.75. The van der Waals surface area contributed by atoms with Crippen molar-refractivity contribution < 1.29 is 13.9 Å². The summed E-state index contributed by atoms with van der Waals surface area (Å²) in [6.45, 7) is 13.6. The van der Waals surface area contributed by atoms with Gasteiger partial charge < -0.3 is 9.15 Å². The molecule has 0 fully saturated rings. The lowest BCUT2D eigenvalue weighted by molar-refractivity contribution is -0.132. The summed E-state index contributed by atoms with van der Waals surface area (Å²) < 4.78 is 11.0. The second-order valence-corrected chi connectivity index (χ2v) is 7.89. The van der Waals surface area contributed by atoms with Crippen molar-refractivity contribution in [3.8, 4) is 5.75 Å². The van der Waals surface area contributed by atoms with Crippen molar-refractivity contribution in [3.63, 3.8) is 0 Å². The first kappa shape index (κ1) is 17.3. The summed E-state index contributed by atoms with van der Waals surface area (Å²) in [5.74, 6) is 0.205. The number of hydrogen-bond acceptors (Lipinski definition) is 4. The van der Waals surface area contributed by atoms with Gasteiger partial charge in [-0.3, -0.25) is 4.79 Å². The molecule has 0 N–H and O–H groups in total. The summed E-state index contributed by atoms with van der Waals surface area (Å²) in [6, 6.07) is 4.94. The second-order valence-electron chi connectivity index (χ2n) is 7.89. The fourth-order valence-electron chi connectivity index (χ4n) is 2.75. The van der Waals surface area contributed by atoms with Gasteiger partial charge in [0.25, 0.3) is 0 Å². The van der Waals surface area contributed by atoms with Gasteiger partial charge in [-0.25, -0.2) is 4.79 Å². The molecule has 0 aliphatic rings. The van der Waals surface area contributed by atoms with Gasteiger partial charge in [0.05, 0.1) is 0 Å². The lowest BCUT2D eigenvalue weighted by Crippen LogP contribution is -2.21. The molecule has 2 rings (SSSR count). The maximum atomic E-state index is 11.7. The Morgan fingerprint density at radius 3 is 2.13 bits per heavy atom. The number of rotatable bonds is 1. The smallest absolute Gasteiger partial charge is 0.336 e. The number of carbonyl (C=O) groups is 1. The zero-order chi connectivity index (χ0) is 17.6. The van der Waals surface area contributed by atoms with Gasteiger partial charge in [-0.1, -0.05) is 41.5 Å². The third kappa shape index (κ3) is 3.46. The Morgan fingerprint density at radius 1 is 1.04 bits per heavy atom. The van der Waals surface area contributed by atoms with E-state index in [4.69, 9.17) is 9.15 Å². The van der Waals surface area contributed by atoms with Gasteiger partial charge in [-0.05, 0) is 23.0 Å². The van der Waals surface area contributed by atoms with E-state index in [0.29, 0.717) is 11.3 Å². The maximum absolute atomic E-state index is 11.7. The number of carbonyl (C=O) groups excluding carboxylic acids is 1. The van der Waals surface area contributed by atoms with Crippen LogP contribution >= 0.6 is 0 Å². The summed E-state index contributed by atoms with van der Waals surface area (Å²) in [5.41, 5.74) is 1.29. The van der Waals surface area contributed by atoms with E-state index in [0.717, 1.165) is 16.5 Å². The molecular weight excluding hydrogens is 292 g/mol. The predicted molar refractivity (Wildman–Crippen MR) is 91.2 cm³/mol. The zero-order valence-electron chi connectivity index (χ0n) is 14.9. The Morgan fingerprint density at radius 2 is 1.65 bits per heavy atom. The molecule has 4 nitrogen and oxygen atoms in total. The number of esters is 1. The maximum Gasteiger partial charge on any atom is 0.336 e. The van der Waals surface area contributed by atoms with E-state index in [-0.39, 0.29) is 16.8 Å². The van der Waals surface area contributed by atoms with Gasteiger partial charge in [0.15, 0.2) is 0 Å². The van der Waals surface area contributed by atoms with E-state index in [2.05, 4.69) is 0 Å². The van der Waals surface area contributed by atoms with Crippen LogP contribution in [0.4, 0.5) is 0 Å². The Bertz CT molecular complexity index is 814. The molecule has 0 saturated carbocycles. The first-order valence-corrected chi connectivity index (χ1v) is 7.71. The van der Waals surface area contributed by atoms with Crippen LogP contribution in [0.1, 0.15) is 59.6 Å². The van der Waals surface area contributed by atoms with E-state index < -0.39 is 5.63 Å². The van der Waals surface area contributed by atoms with Crippen LogP contribution in [0.3, 0.4) is 0 Å². The topological polar surface area (TPSA) is 56.5 Å². The average Bonchev–Trinajstić information content (AvgIpc) is 2.34. The summed E-state index contributed by atoms with van der Waals surface area (Å²) in [7, 11) is 0. The molecule has 0 radical (unpaired) electrons. The lowest BCUT2D eigenvalue weighted by Gasteiger charge is -2.30. The predicted octanol–water partition coefficient (Wildman–Crippen LogP) is 4.31. The summed E-state index contributed by atoms with van der Waals surface area (Å²) in [4.78, 5) is 23.3. The average molecular weight is 316 g/mol. The molecule has 2 aromatic rings. The van der Waals surface area contributed by atoms with Gasteiger partial charge in [0, 0.05) is 29.5 Å². The van der Waals surface area contributed by atoms with Gasteiger partial charge in [0.2, 0.25) is 0 Å².